The molecule has 39 heavy (non-hydrogen) atoms. The van der Waals surface area contributed by atoms with Crippen LogP contribution >= 0.6 is 0 Å². The molecule has 1 atom stereocenters. The van der Waals surface area contributed by atoms with Crippen LogP contribution in [-0.4, -0.2) is 71.3 Å². The summed E-state index contributed by atoms with van der Waals surface area (Å²) in [6.45, 7) is 2.38. The van der Waals surface area contributed by atoms with Crippen LogP contribution in [0.5, 0.6) is 5.75 Å². The Bertz CT molecular complexity index is 1130. The van der Waals surface area contributed by atoms with Crippen LogP contribution in [0.15, 0.2) is 36.7 Å². The summed E-state index contributed by atoms with van der Waals surface area (Å²) < 4.78 is 44.4. The number of hydrogen-bond acceptors (Lipinski definition) is 7. The van der Waals surface area contributed by atoms with Gasteiger partial charge in [-0.05, 0) is 69.2 Å². The third-order valence-corrected chi connectivity index (χ3v) is 8.47. The van der Waals surface area contributed by atoms with E-state index in [4.69, 9.17) is 4.74 Å². The number of hydrogen-bond donors (Lipinski definition) is 2. The third kappa shape index (κ3) is 6.30. The van der Waals surface area contributed by atoms with E-state index in [1.165, 1.54) is 6.20 Å². The van der Waals surface area contributed by atoms with E-state index in [0.717, 1.165) is 31.4 Å². The first kappa shape index (κ1) is 27.6. The van der Waals surface area contributed by atoms with Gasteiger partial charge in [0.25, 0.3) is 0 Å². The molecule has 2 saturated heterocycles. The number of carbonyl (C=O) groups excluding carboxylic acids is 1. The Morgan fingerprint density at radius 2 is 1.79 bits per heavy atom. The van der Waals surface area contributed by atoms with Crippen molar-refractivity contribution in [3.63, 3.8) is 0 Å². The smallest absolute Gasteiger partial charge is 0.416 e. The summed E-state index contributed by atoms with van der Waals surface area (Å²) >= 11 is 0. The predicted molar refractivity (Wildman–Crippen MR) is 139 cm³/mol. The van der Waals surface area contributed by atoms with Crippen LogP contribution < -0.4 is 15.0 Å². The zero-order valence-corrected chi connectivity index (χ0v) is 22.2. The van der Waals surface area contributed by atoms with Crippen molar-refractivity contribution in [3.05, 3.63) is 47.9 Å². The van der Waals surface area contributed by atoms with Gasteiger partial charge in [-0.25, -0.2) is 4.98 Å². The number of rotatable bonds is 6. The second-order valence-electron chi connectivity index (χ2n) is 11.0. The van der Waals surface area contributed by atoms with Crippen molar-refractivity contribution in [1.82, 2.24) is 20.2 Å². The predicted octanol–water partition coefficient (Wildman–Crippen LogP) is 3.74. The molecule has 0 aromatic carbocycles. The molecular weight excluding hydrogens is 511 g/mol. The molecule has 2 aliphatic heterocycles. The average molecular weight is 548 g/mol. The number of carbonyl (C=O) groups is 1. The number of halogens is 3. The highest BCUT2D eigenvalue weighted by molar-refractivity contribution is 5.79. The van der Waals surface area contributed by atoms with Gasteiger partial charge in [-0.1, -0.05) is 0 Å². The lowest BCUT2D eigenvalue weighted by Gasteiger charge is -2.37. The van der Waals surface area contributed by atoms with Gasteiger partial charge in [-0.3, -0.25) is 9.78 Å². The molecule has 212 valence electrons. The van der Waals surface area contributed by atoms with Crippen LogP contribution in [0.2, 0.25) is 0 Å². The van der Waals surface area contributed by atoms with E-state index in [9.17, 15) is 23.1 Å². The van der Waals surface area contributed by atoms with Crippen LogP contribution in [0.1, 0.15) is 56.2 Å². The fourth-order valence-electron chi connectivity index (χ4n) is 6.11. The largest absolute Gasteiger partial charge is 0.495 e. The van der Waals surface area contributed by atoms with E-state index in [1.807, 2.05) is 21.9 Å². The van der Waals surface area contributed by atoms with Crippen molar-refractivity contribution >= 4 is 11.7 Å². The van der Waals surface area contributed by atoms with Crippen LogP contribution in [0.25, 0.3) is 0 Å². The summed E-state index contributed by atoms with van der Waals surface area (Å²) in [6, 6.07) is 6.21. The summed E-state index contributed by atoms with van der Waals surface area (Å²) in [5, 5.41) is 14.8. The normalized spacial score (nSPS) is 26.6. The maximum absolute atomic E-state index is 13.2. The molecule has 2 aromatic rings. The lowest BCUT2D eigenvalue weighted by Crippen LogP contribution is -2.46. The Morgan fingerprint density at radius 3 is 2.44 bits per heavy atom. The highest BCUT2D eigenvalue weighted by Gasteiger charge is 2.38. The third-order valence-electron chi connectivity index (χ3n) is 8.47. The van der Waals surface area contributed by atoms with Crippen molar-refractivity contribution < 1.29 is 27.8 Å². The number of methoxy groups -OCH3 is 1. The van der Waals surface area contributed by atoms with Gasteiger partial charge in [0.1, 0.15) is 17.2 Å². The quantitative estimate of drug-likeness (QED) is 0.570. The zero-order chi connectivity index (χ0) is 27.6. The van der Waals surface area contributed by atoms with Crippen molar-refractivity contribution in [1.29, 1.82) is 0 Å². The number of alkyl halides is 3. The van der Waals surface area contributed by atoms with Crippen LogP contribution in [-0.2, 0) is 16.6 Å². The van der Waals surface area contributed by atoms with Crippen molar-refractivity contribution in [2.24, 2.45) is 5.92 Å². The number of nitrogens with one attached hydrogen (secondary N) is 1. The Hall–Kier alpha value is -2.92. The van der Waals surface area contributed by atoms with E-state index in [1.54, 1.807) is 13.3 Å². The highest BCUT2D eigenvalue weighted by Crippen LogP contribution is 2.37. The minimum absolute atomic E-state index is 0.118. The van der Waals surface area contributed by atoms with Gasteiger partial charge in [0.15, 0.2) is 0 Å². The second kappa shape index (κ2) is 11.3. The van der Waals surface area contributed by atoms with Crippen LogP contribution in [0.4, 0.5) is 19.0 Å². The zero-order valence-electron chi connectivity index (χ0n) is 22.2. The van der Waals surface area contributed by atoms with Crippen LogP contribution in [0, 0.1) is 5.92 Å². The fourth-order valence-corrected chi connectivity index (χ4v) is 6.11. The Kier molecular flexibility index (Phi) is 8.00. The molecule has 3 aliphatic rings. The molecule has 1 amide bonds. The SMILES string of the molecule is COc1ccc(C2(O)CCC(N[C@H]3CCN(C(=O)C4CCN(c5cc(C(F)(F)F)ccn5)CC4)C3)CC2)nc1. The fraction of sp³-hybridized carbons (Fsp3) is 0.607. The lowest BCUT2D eigenvalue weighted by molar-refractivity contribution is -0.137. The summed E-state index contributed by atoms with van der Waals surface area (Å²) in [5.74, 6) is 0.992. The Morgan fingerprint density at radius 1 is 1.05 bits per heavy atom. The molecule has 2 N–H and O–H groups in total. The molecule has 1 saturated carbocycles. The number of aliphatic hydroxyl groups is 1. The van der Waals surface area contributed by atoms with Gasteiger partial charge >= 0.3 is 6.18 Å². The second-order valence-corrected chi connectivity index (χ2v) is 11.0. The first-order chi connectivity index (χ1) is 18.6. The molecule has 8 nitrogen and oxygen atoms in total. The van der Waals surface area contributed by atoms with Crippen molar-refractivity contribution in [2.75, 3.05) is 38.2 Å². The molecule has 0 unspecified atom stereocenters. The summed E-state index contributed by atoms with van der Waals surface area (Å²) in [7, 11) is 1.59. The maximum Gasteiger partial charge on any atom is 0.416 e. The van der Waals surface area contributed by atoms with Gasteiger partial charge in [0.2, 0.25) is 5.91 Å². The van der Waals surface area contributed by atoms with Crippen molar-refractivity contribution in [3.8, 4) is 5.75 Å². The molecule has 0 bridgehead atoms. The highest BCUT2D eigenvalue weighted by atomic mass is 19.4. The number of likely N-dealkylation sites (tertiary alicyclic amines) is 1. The van der Waals surface area contributed by atoms with Gasteiger partial charge in [0.05, 0.1) is 24.6 Å². The molecule has 2 aromatic heterocycles. The molecule has 3 fully saturated rings. The van der Waals surface area contributed by atoms with E-state index in [-0.39, 0.29) is 23.9 Å². The standard InChI is InChI=1S/C28H36F3N5O3/c1-39-23-2-3-24(33-17-23)27(38)10-4-21(5-11-27)34-22-9-15-36(18-22)26(37)19-7-13-35(14-8-19)25-16-20(6-12-32-25)28(29,30)31/h2-3,6,12,16-17,19,21-22,34,38H,4-5,7-11,13-15,18H2,1H3/t21?,22-,27?/m0/s1. The number of nitrogens with zero attached hydrogens (tertiary/aromatic N) is 4. The van der Waals surface area contributed by atoms with Gasteiger partial charge in [-0.2, -0.15) is 13.2 Å². The van der Waals surface area contributed by atoms with Crippen molar-refractivity contribution in [2.45, 2.75) is 68.8 Å². The van der Waals surface area contributed by atoms with Gasteiger partial charge in [0, 0.05) is 50.4 Å². The van der Waals surface area contributed by atoms with E-state index in [0.29, 0.717) is 69.1 Å². The maximum atomic E-state index is 13.2. The van der Waals surface area contributed by atoms with Gasteiger partial charge < -0.3 is 25.0 Å². The topological polar surface area (TPSA) is 90.8 Å². The minimum Gasteiger partial charge on any atom is -0.495 e. The van der Waals surface area contributed by atoms with Crippen LogP contribution in [0.3, 0.4) is 0 Å². The number of piperidine rings is 1. The number of amides is 1. The average Bonchev–Trinajstić information content (AvgIpc) is 3.42. The number of aromatic nitrogens is 2. The number of ether oxygens (including phenoxy) is 1. The lowest BCUT2D eigenvalue weighted by atomic mass is 9.79. The first-order valence-electron chi connectivity index (χ1n) is 13.7. The number of anilines is 1. The summed E-state index contributed by atoms with van der Waals surface area (Å²) in [4.78, 5) is 25.5. The molecule has 0 radical (unpaired) electrons. The minimum atomic E-state index is -4.40. The molecular formula is C28H36F3N5O3. The Labute approximate surface area is 226 Å². The van der Waals surface area contributed by atoms with E-state index in [2.05, 4.69) is 15.3 Å². The molecule has 4 heterocycles. The molecule has 0 spiro atoms. The van der Waals surface area contributed by atoms with E-state index < -0.39 is 17.3 Å². The van der Waals surface area contributed by atoms with Gasteiger partial charge in [-0.15, -0.1) is 0 Å². The summed E-state index contributed by atoms with van der Waals surface area (Å²) in [5.41, 5.74) is -0.962. The molecule has 5 rings (SSSR count). The summed E-state index contributed by atoms with van der Waals surface area (Å²) in [6.07, 6.45) is 3.42. The van der Waals surface area contributed by atoms with E-state index >= 15 is 0 Å². The molecule has 1 aliphatic carbocycles. The monoisotopic (exact) mass is 547 g/mol. The Balaban J connectivity index is 1.07. The molecule has 11 heteroatoms. The first-order valence-corrected chi connectivity index (χ1v) is 13.7. The number of pyridine rings is 2.